The molecule has 0 bridgehead atoms. The molecule has 0 amide bonds. The summed E-state index contributed by atoms with van der Waals surface area (Å²) in [5, 5.41) is 1.56. The van der Waals surface area contributed by atoms with Crippen LogP contribution >= 0.6 is 0 Å². The van der Waals surface area contributed by atoms with E-state index in [1.807, 2.05) is 0 Å². The van der Waals surface area contributed by atoms with Crippen molar-refractivity contribution in [3.8, 4) is 0 Å². The zero-order chi connectivity index (χ0) is 14.3. The molecule has 1 rings (SSSR count). The van der Waals surface area contributed by atoms with Gasteiger partial charge in [-0.1, -0.05) is 65.0 Å². The zero-order valence-electron chi connectivity index (χ0n) is 13.3. The number of nitrogens with zero attached hydrogens (tertiary/aromatic N) is 2. The van der Waals surface area contributed by atoms with Crippen molar-refractivity contribution in [3.63, 3.8) is 0 Å². The van der Waals surface area contributed by atoms with E-state index >= 15 is 0 Å². The Hall–Kier alpha value is -0.643. The van der Waals surface area contributed by atoms with Gasteiger partial charge in [-0.3, -0.25) is 0 Å². The molecule has 0 saturated carbocycles. The standard InChI is InChI=1S/C16H30N2Si/c1-6-17(7-2)19(10-5,18(8-3)9-4)16-14-12-11-13-15-16/h11-15H,6-10H2,1-5H3. The summed E-state index contributed by atoms with van der Waals surface area (Å²) in [6.07, 6.45) is 0. The van der Waals surface area contributed by atoms with Crippen LogP contribution in [0.2, 0.25) is 6.04 Å². The van der Waals surface area contributed by atoms with Crippen LogP contribution in [0.25, 0.3) is 0 Å². The van der Waals surface area contributed by atoms with Crippen molar-refractivity contribution in [3.05, 3.63) is 30.3 Å². The van der Waals surface area contributed by atoms with Crippen LogP contribution < -0.4 is 5.19 Å². The topological polar surface area (TPSA) is 6.48 Å². The highest BCUT2D eigenvalue weighted by molar-refractivity contribution is 6.87. The summed E-state index contributed by atoms with van der Waals surface area (Å²) in [7, 11) is -1.74. The summed E-state index contributed by atoms with van der Waals surface area (Å²) < 4.78 is 5.46. The van der Waals surface area contributed by atoms with E-state index < -0.39 is 8.40 Å². The van der Waals surface area contributed by atoms with Crippen LogP contribution in [0.4, 0.5) is 0 Å². The van der Waals surface area contributed by atoms with Crippen molar-refractivity contribution in [2.24, 2.45) is 0 Å². The largest absolute Gasteiger partial charge is 0.309 e. The Bertz CT molecular complexity index is 333. The third-order valence-corrected chi connectivity index (χ3v) is 9.90. The maximum absolute atomic E-state index is 2.73. The normalized spacial score (nSPS) is 12.4. The molecule has 0 N–H and O–H groups in total. The molecule has 19 heavy (non-hydrogen) atoms. The second-order valence-electron chi connectivity index (χ2n) is 4.88. The van der Waals surface area contributed by atoms with Crippen LogP contribution in [0, 0.1) is 0 Å². The van der Waals surface area contributed by atoms with Crippen molar-refractivity contribution < 1.29 is 0 Å². The molecule has 1 aromatic rings. The maximum atomic E-state index is 2.73. The molecule has 0 spiro atoms. The summed E-state index contributed by atoms with van der Waals surface area (Å²) in [4.78, 5) is 0. The Balaban J connectivity index is 3.36. The predicted molar refractivity (Wildman–Crippen MR) is 88.2 cm³/mol. The minimum Gasteiger partial charge on any atom is -0.309 e. The van der Waals surface area contributed by atoms with Crippen molar-refractivity contribution in [2.45, 2.75) is 40.7 Å². The molecule has 0 radical (unpaired) electrons. The van der Waals surface area contributed by atoms with Gasteiger partial charge in [-0.2, -0.15) is 0 Å². The van der Waals surface area contributed by atoms with Crippen LogP contribution in [0.1, 0.15) is 34.6 Å². The molecule has 1 aromatic carbocycles. The second kappa shape index (κ2) is 7.83. The lowest BCUT2D eigenvalue weighted by Crippen LogP contribution is -2.72. The van der Waals surface area contributed by atoms with Gasteiger partial charge in [-0.15, -0.1) is 0 Å². The molecular formula is C16H30N2Si. The van der Waals surface area contributed by atoms with E-state index in [0.717, 1.165) is 26.2 Å². The molecule has 0 fully saturated rings. The molecule has 0 aliphatic heterocycles. The van der Waals surface area contributed by atoms with Gasteiger partial charge in [-0.25, -0.2) is 0 Å². The van der Waals surface area contributed by atoms with Gasteiger partial charge in [0.1, 0.15) is 0 Å². The fourth-order valence-electron chi connectivity index (χ4n) is 3.42. The van der Waals surface area contributed by atoms with Crippen LogP contribution in [-0.2, 0) is 0 Å². The van der Waals surface area contributed by atoms with E-state index in [4.69, 9.17) is 0 Å². The van der Waals surface area contributed by atoms with Gasteiger partial charge >= 0.3 is 0 Å². The SMILES string of the molecule is CCN(CC)[Si](CC)(c1ccccc1)N(CC)CC. The lowest BCUT2D eigenvalue weighted by atomic mass is 10.4. The van der Waals surface area contributed by atoms with Crippen LogP contribution in [-0.4, -0.2) is 43.7 Å². The highest BCUT2D eigenvalue weighted by Crippen LogP contribution is 2.20. The Morgan fingerprint density at radius 3 is 1.47 bits per heavy atom. The van der Waals surface area contributed by atoms with Crippen LogP contribution in [0.15, 0.2) is 30.3 Å². The fourth-order valence-corrected chi connectivity index (χ4v) is 8.67. The number of benzene rings is 1. The lowest BCUT2D eigenvalue weighted by molar-refractivity contribution is 0.362. The first-order valence-electron chi connectivity index (χ1n) is 7.76. The first-order chi connectivity index (χ1) is 9.20. The van der Waals surface area contributed by atoms with Crippen LogP contribution in [0.5, 0.6) is 0 Å². The molecule has 0 aliphatic rings. The number of hydrogen-bond donors (Lipinski definition) is 0. The van der Waals surface area contributed by atoms with Crippen LogP contribution in [0.3, 0.4) is 0 Å². The van der Waals surface area contributed by atoms with Gasteiger partial charge in [0.05, 0.1) is 0 Å². The van der Waals surface area contributed by atoms with Crippen molar-refractivity contribution in [1.82, 2.24) is 9.13 Å². The Morgan fingerprint density at radius 2 is 1.16 bits per heavy atom. The average Bonchev–Trinajstić information content (AvgIpc) is 2.48. The minimum atomic E-state index is -1.74. The van der Waals surface area contributed by atoms with Gasteiger partial charge in [0.2, 0.25) is 8.40 Å². The quantitative estimate of drug-likeness (QED) is 0.674. The van der Waals surface area contributed by atoms with E-state index in [-0.39, 0.29) is 0 Å². The van der Waals surface area contributed by atoms with Gasteiger partial charge in [0.15, 0.2) is 0 Å². The summed E-state index contributed by atoms with van der Waals surface area (Å²) in [5.41, 5.74) is 0. The molecule has 0 aromatic heterocycles. The second-order valence-corrected chi connectivity index (χ2v) is 9.06. The molecule has 0 heterocycles. The molecule has 0 saturated heterocycles. The van der Waals surface area contributed by atoms with E-state index in [9.17, 15) is 0 Å². The van der Waals surface area contributed by atoms with Crippen molar-refractivity contribution in [1.29, 1.82) is 0 Å². The maximum Gasteiger partial charge on any atom is 0.239 e. The molecule has 0 aliphatic carbocycles. The molecule has 3 heteroatoms. The van der Waals surface area contributed by atoms with Gasteiger partial charge in [0.25, 0.3) is 0 Å². The van der Waals surface area contributed by atoms with Gasteiger partial charge < -0.3 is 9.13 Å². The van der Waals surface area contributed by atoms with Crippen molar-refractivity contribution in [2.75, 3.05) is 26.2 Å². The molecule has 108 valence electrons. The molecular weight excluding hydrogens is 248 g/mol. The molecule has 0 atom stereocenters. The van der Waals surface area contributed by atoms with E-state index in [2.05, 4.69) is 74.1 Å². The highest BCUT2D eigenvalue weighted by Gasteiger charge is 2.43. The first kappa shape index (κ1) is 16.4. The Kier molecular flexibility index (Phi) is 6.76. The number of rotatable bonds is 8. The monoisotopic (exact) mass is 278 g/mol. The third-order valence-electron chi connectivity index (χ3n) is 4.30. The molecule has 2 nitrogen and oxygen atoms in total. The van der Waals surface area contributed by atoms with E-state index in [1.54, 1.807) is 5.19 Å². The average molecular weight is 279 g/mol. The summed E-state index contributed by atoms with van der Waals surface area (Å²) in [6, 6.07) is 12.4. The smallest absolute Gasteiger partial charge is 0.239 e. The predicted octanol–water partition coefficient (Wildman–Crippen LogP) is 3.04. The number of hydrogen-bond acceptors (Lipinski definition) is 2. The van der Waals surface area contributed by atoms with Gasteiger partial charge in [-0.05, 0) is 37.4 Å². The van der Waals surface area contributed by atoms with E-state index in [1.165, 1.54) is 6.04 Å². The highest BCUT2D eigenvalue weighted by atomic mass is 28.3. The Morgan fingerprint density at radius 1 is 0.737 bits per heavy atom. The zero-order valence-corrected chi connectivity index (χ0v) is 14.3. The molecule has 0 unspecified atom stereocenters. The first-order valence-corrected chi connectivity index (χ1v) is 9.86. The van der Waals surface area contributed by atoms with Crippen molar-refractivity contribution >= 4 is 13.6 Å². The lowest BCUT2D eigenvalue weighted by Gasteiger charge is -2.48. The van der Waals surface area contributed by atoms with E-state index in [0.29, 0.717) is 0 Å². The van der Waals surface area contributed by atoms with Gasteiger partial charge in [0, 0.05) is 0 Å². The summed E-state index contributed by atoms with van der Waals surface area (Å²) in [6.45, 7) is 16.1. The fraction of sp³-hybridized carbons (Fsp3) is 0.625. The Labute approximate surface area is 120 Å². The summed E-state index contributed by atoms with van der Waals surface area (Å²) >= 11 is 0. The summed E-state index contributed by atoms with van der Waals surface area (Å²) in [5.74, 6) is 0. The third kappa shape index (κ3) is 3.10. The minimum absolute atomic E-state index is 1.14.